The van der Waals surface area contributed by atoms with Crippen molar-refractivity contribution in [3.8, 4) is 0 Å². The zero-order valence-corrected chi connectivity index (χ0v) is 10.4. The topological polar surface area (TPSA) is 76.5 Å². The first-order chi connectivity index (χ1) is 8.04. The van der Waals surface area contributed by atoms with Gasteiger partial charge in [0.1, 0.15) is 5.69 Å². The number of carbonyl (C=O) groups excluding carboxylic acids is 1. The van der Waals surface area contributed by atoms with E-state index in [0.29, 0.717) is 11.4 Å². The van der Waals surface area contributed by atoms with Gasteiger partial charge in [0.05, 0.1) is 18.1 Å². The summed E-state index contributed by atoms with van der Waals surface area (Å²) in [6, 6.07) is 5.00. The molecule has 0 aliphatic carbocycles. The third-order valence-electron chi connectivity index (χ3n) is 2.03. The van der Waals surface area contributed by atoms with Crippen LogP contribution in [0.1, 0.15) is 23.1 Å². The van der Waals surface area contributed by atoms with Gasteiger partial charge in [-0.25, -0.2) is 9.78 Å². The van der Waals surface area contributed by atoms with Gasteiger partial charge < -0.3 is 9.84 Å². The van der Waals surface area contributed by atoms with Crippen LogP contribution in [0.4, 0.5) is 0 Å². The maximum Gasteiger partial charge on any atom is 0.356 e. The van der Waals surface area contributed by atoms with E-state index >= 15 is 0 Å². The quantitative estimate of drug-likeness (QED) is 0.805. The molecule has 92 valence electrons. The summed E-state index contributed by atoms with van der Waals surface area (Å²) in [4.78, 5) is 25.9. The lowest BCUT2D eigenvalue weighted by Gasteiger charge is -2.06. The molecule has 1 aromatic heterocycles. The van der Waals surface area contributed by atoms with Crippen molar-refractivity contribution in [2.75, 3.05) is 7.11 Å². The second-order valence-corrected chi connectivity index (χ2v) is 4.63. The monoisotopic (exact) mass is 255 g/mol. The van der Waals surface area contributed by atoms with Crippen molar-refractivity contribution in [3.63, 3.8) is 0 Å². The zero-order chi connectivity index (χ0) is 12.8. The molecule has 17 heavy (non-hydrogen) atoms. The molecule has 0 amide bonds. The molecule has 0 saturated heterocycles. The Kier molecular flexibility index (Phi) is 4.96. The number of carboxylic acid groups (broad SMARTS) is 1. The molecule has 0 spiro atoms. The van der Waals surface area contributed by atoms with Crippen molar-refractivity contribution in [3.05, 3.63) is 29.6 Å². The molecular formula is C11H13NO4S. The van der Waals surface area contributed by atoms with Crippen LogP contribution in [0.3, 0.4) is 0 Å². The number of carboxylic acids is 1. The summed E-state index contributed by atoms with van der Waals surface area (Å²) in [6.45, 7) is 1.61. The molecule has 1 heterocycles. The molecule has 0 aromatic carbocycles. The Labute approximate surface area is 103 Å². The second-order valence-electron chi connectivity index (χ2n) is 3.30. The minimum absolute atomic E-state index is 0.230. The van der Waals surface area contributed by atoms with Crippen molar-refractivity contribution in [1.29, 1.82) is 0 Å². The van der Waals surface area contributed by atoms with Crippen molar-refractivity contribution in [2.24, 2.45) is 0 Å². The van der Waals surface area contributed by atoms with Crippen LogP contribution < -0.4 is 0 Å². The first-order valence-corrected chi connectivity index (χ1v) is 5.98. The van der Waals surface area contributed by atoms with E-state index in [1.165, 1.54) is 18.9 Å². The molecule has 6 heteroatoms. The Bertz CT molecular complexity index is 422. The minimum Gasteiger partial charge on any atom is -0.480 e. The van der Waals surface area contributed by atoms with Gasteiger partial charge in [-0.3, -0.25) is 4.79 Å². The fourth-order valence-corrected chi connectivity index (χ4v) is 1.78. The van der Waals surface area contributed by atoms with Gasteiger partial charge in [-0.15, -0.1) is 11.8 Å². The Morgan fingerprint density at radius 3 is 2.82 bits per heavy atom. The Morgan fingerprint density at radius 1 is 1.53 bits per heavy atom. The SMILES string of the molecule is COC(=O)c1cccc(CSC(C)C(=O)O)n1. The van der Waals surface area contributed by atoms with Gasteiger partial charge in [0, 0.05) is 5.75 Å². The van der Waals surface area contributed by atoms with Crippen LogP contribution in [0.25, 0.3) is 0 Å². The number of nitrogens with zero attached hydrogens (tertiary/aromatic N) is 1. The van der Waals surface area contributed by atoms with Gasteiger partial charge in [0.2, 0.25) is 0 Å². The summed E-state index contributed by atoms with van der Waals surface area (Å²) in [5.41, 5.74) is 0.888. The molecule has 0 aliphatic rings. The molecule has 1 unspecified atom stereocenters. The molecule has 1 rings (SSSR count). The van der Waals surface area contributed by atoms with Crippen LogP contribution in [0, 0.1) is 0 Å². The number of hydrogen-bond donors (Lipinski definition) is 1. The number of carbonyl (C=O) groups is 2. The highest BCUT2D eigenvalue weighted by Crippen LogP contribution is 2.16. The number of rotatable bonds is 5. The second kappa shape index (κ2) is 6.24. The lowest BCUT2D eigenvalue weighted by Crippen LogP contribution is -2.12. The maximum absolute atomic E-state index is 11.2. The number of aliphatic carboxylic acids is 1. The number of pyridine rings is 1. The molecule has 0 aliphatic heterocycles. The summed E-state index contributed by atoms with van der Waals surface area (Å²) >= 11 is 1.25. The highest BCUT2D eigenvalue weighted by molar-refractivity contribution is 7.99. The summed E-state index contributed by atoms with van der Waals surface area (Å²) < 4.78 is 4.55. The molecule has 1 N–H and O–H groups in total. The highest BCUT2D eigenvalue weighted by Gasteiger charge is 2.12. The van der Waals surface area contributed by atoms with Crippen molar-refractivity contribution < 1.29 is 19.4 Å². The smallest absolute Gasteiger partial charge is 0.356 e. The lowest BCUT2D eigenvalue weighted by molar-refractivity contribution is -0.136. The first-order valence-electron chi connectivity index (χ1n) is 4.93. The molecule has 1 aromatic rings. The van der Waals surface area contributed by atoms with Crippen molar-refractivity contribution in [1.82, 2.24) is 4.98 Å². The van der Waals surface area contributed by atoms with E-state index in [1.807, 2.05) is 0 Å². The number of hydrogen-bond acceptors (Lipinski definition) is 5. The molecule has 0 bridgehead atoms. The Hall–Kier alpha value is -1.56. The van der Waals surface area contributed by atoms with Gasteiger partial charge in [-0.05, 0) is 19.1 Å². The van der Waals surface area contributed by atoms with E-state index in [-0.39, 0.29) is 5.69 Å². The summed E-state index contributed by atoms with van der Waals surface area (Å²) in [6.07, 6.45) is 0. The predicted molar refractivity (Wildman–Crippen MR) is 64.0 cm³/mol. The number of aromatic nitrogens is 1. The van der Waals surface area contributed by atoms with Gasteiger partial charge in [-0.1, -0.05) is 6.07 Å². The van der Waals surface area contributed by atoms with Gasteiger partial charge in [-0.2, -0.15) is 0 Å². The van der Waals surface area contributed by atoms with Gasteiger partial charge in [0.25, 0.3) is 0 Å². The Morgan fingerprint density at radius 2 is 2.24 bits per heavy atom. The van der Waals surface area contributed by atoms with E-state index in [9.17, 15) is 9.59 Å². The molecule has 1 atom stereocenters. The van der Waals surface area contributed by atoms with Gasteiger partial charge in [0.15, 0.2) is 0 Å². The van der Waals surface area contributed by atoms with Crippen LogP contribution in [0.2, 0.25) is 0 Å². The fraction of sp³-hybridized carbons (Fsp3) is 0.364. The lowest BCUT2D eigenvalue weighted by atomic mass is 10.3. The molecule has 5 nitrogen and oxygen atoms in total. The van der Waals surface area contributed by atoms with Crippen LogP contribution in [0.15, 0.2) is 18.2 Å². The fourth-order valence-electron chi connectivity index (χ4n) is 1.06. The van der Waals surface area contributed by atoms with Gasteiger partial charge >= 0.3 is 11.9 Å². The van der Waals surface area contributed by atoms with Crippen molar-refractivity contribution >= 4 is 23.7 Å². The van der Waals surface area contributed by atoms with E-state index in [0.717, 1.165) is 0 Å². The average Bonchev–Trinajstić information content (AvgIpc) is 2.35. The highest BCUT2D eigenvalue weighted by atomic mass is 32.2. The minimum atomic E-state index is -0.862. The van der Waals surface area contributed by atoms with Crippen LogP contribution >= 0.6 is 11.8 Å². The standard InChI is InChI=1S/C11H13NO4S/c1-7(10(13)14)17-6-8-4-3-5-9(12-8)11(15)16-2/h3-5,7H,6H2,1-2H3,(H,13,14). The third kappa shape index (κ3) is 4.07. The predicted octanol–water partition coefficient (Wildman–Crippen LogP) is 1.57. The summed E-state index contributed by atoms with van der Waals surface area (Å²) in [7, 11) is 1.29. The number of methoxy groups -OCH3 is 1. The zero-order valence-electron chi connectivity index (χ0n) is 9.54. The van der Waals surface area contributed by atoms with Crippen molar-refractivity contribution in [2.45, 2.75) is 17.9 Å². The van der Waals surface area contributed by atoms with E-state index in [2.05, 4.69) is 9.72 Å². The molecule has 0 fully saturated rings. The normalized spacial score (nSPS) is 11.9. The number of ether oxygens (including phenoxy) is 1. The maximum atomic E-state index is 11.2. The molecule has 0 saturated carbocycles. The third-order valence-corrected chi connectivity index (χ3v) is 3.19. The largest absolute Gasteiger partial charge is 0.480 e. The van der Waals surface area contributed by atoms with Crippen LogP contribution in [0.5, 0.6) is 0 Å². The van der Waals surface area contributed by atoms with Crippen LogP contribution in [-0.2, 0) is 15.3 Å². The van der Waals surface area contributed by atoms with Crippen LogP contribution in [-0.4, -0.2) is 34.4 Å². The van der Waals surface area contributed by atoms with E-state index in [4.69, 9.17) is 5.11 Å². The first kappa shape index (κ1) is 13.5. The molecule has 0 radical (unpaired) electrons. The van der Waals surface area contributed by atoms with E-state index < -0.39 is 17.2 Å². The average molecular weight is 255 g/mol. The number of thioether (sulfide) groups is 1. The molecular weight excluding hydrogens is 242 g/mol. The Balaban J connectivity index is 2.66. The summed E-state index contributed by atoms with van der Waals surface area (Å²) in [5, 5.41) is 8.22. The van der Waals surface area contributed by atoms with E-state index in [1.54, 1.807) is 25.1 Å². The number of esters is 1. The summed E-state index contributed by atoms with van der Waals surface area (Å²) in [5.74, 6) is -0.916.